The van der Waals surface area contributed by atoms with E-state index in [1.807, 2.05) is 13.0 Å². The largest absolute Gasteiger partial charge is 0.478 e. The number of pyridine rings is 2. The fraction of sp³-hybridized carbons (Fsp3) is 0.409. The highest BCUT2D eigenvalue weighted by molar-refractivity contribution is 6.11. The van der Waals surface area contributed by atoms with Crippen LogP contribution in [0.2, 0.25) is 0 Å². The lowest BCUT2D eigenvalue weighted by Gasteiger charge is -2.17. The van der Waals surface area contributed by atoms with Crippen LogP contribution in [0.25, 0.3) is 11.0 Å². The Morgan fingerprint density at radius 3 is 2.60 bits per heavy atom. The summed E-state index contributed by atoms with van der Waals surface area (Å²) in [6.07, 6.45) is 4.17. The number of anilines is 1. The predicted octanol–water partition coefficient (Wildman–Crippen LogP) is 3.72. The van der Waals surface area contributed by atoms with Crippen molar-refractivity contribution in [1.29, 1.82) is 0 Å². The van der Waals surface area contributed by atoms with Crippen molar-refractivity contribution in [3.63, 3.8) is 0 Å². The van der Waals surface area contributed by atoms with Crippen LogP contribution in [0.4, 0.5) is 5.69 Å². The van der Waals surface area contributed by atoms with Gasteiger partial charge in [-0.15, -0.1) is 0 Å². The van der Waals surface area contributed by atoms with E-state index in [2.05, 4.69) is 39.0 Å². The van der Waals surface area contributed by atoms with Gasteiger partial charge in [-0.1, -0.05) is 13.8 Å². The molecule has 0 aliphatic rings. The molecule has 0 fully saturated rings. The third kappa shape index (κ3) is 5.48. The fourth-order valence-corrected chi connectivity index (χ4v) is 3.13. The summed E-state index contributed by atoms with van der Waals surface area (Å²) in [6, 6.07) is 7.15. The van der Waals surface area contributed by atoms with Crippen LogP contribution < -0.4 is 14.8 Å². The average Bonchev–Trinajstić information content (AvgIpc) is 3.19. The minimum Gasteiger partial charge on any atom is -0.478 e. The van der Waals surface area contributed by atoms with Crippen LogP contribution in [0, 0.1) is 0 Å². The van der Waals surface area contributed by atoms with Crippen LogP contribution in [0.15, 0.2) is 36.7 Å². The topological polar surface area (TPSA) is 92.4 Å². The van der Waals surface area contributed by atoms with E-state index in [-0.39, 0.29) is 5.91 Å². The second-order valence-corrected chi connectivity index (χ2v) is 6.75. The number of hydrogen-bond donors (Lipinski definition) is 2. The molecule has 0 bridgehead atoms. The molecule has 0 saturated carbocycles. The highest BCUT2D eigenvalue weighted by atomic mass is 16.5. The Hall–Kier alpha value is -3.13. The Kier molecular flexibility index (Phi) is 7.62. The van der Waals surface area contributed by atoms with Gasteiger partial charge in [0.25, 0.3) is 5.91 Å². The monoisotopic (exact) mass is 411 g/mol. The third-order valence-corrected chi connectivity index (χ3v) is 4.79. The van der Waals surface area contributed by atoms with E-state index in [1.165, 1.54) is 0 Å². The molecule has 3 aromatic rings. The van der Waals surface area contributed by atoms with E-state index < -0.39 is 0 Å². The minimum absolute atomic E-state index is 0.267. The second kappa shape index (κ2) is 10.6. The first-order valence-corrected chi connectivity index (χ1v) is 10.4. The number of aromatic amines is 1. The maximum absolute atomic E-state index is 12.7. The molecular formula is C22H29N5O3. The zero-order valence-corrected chi connectivity index (χ0v) is 17.8. The fourth-order valence-electron chi connectivity index (χ4n) is 3.13. The molecule has 2 N–H and O–H groups in total. The number of ether oxygens (including phenoxy) is 2. The molecule has 0 aliphatic heterocycles. The van der Waals surface area contributed by atoms with Gasteiger partial charge in [-0.05, 0) is 38.6 Å². The summed E-state index contributed by atoms with van der Waals surface area (Å²) in [7, 11) is 0. The molecule has 0 atom stereocenters. The summed E-state index contributed by atoms with van der Waals surface area (Å²) >= 11 is 0. The summed E-state index contributed by atoms with van der Waals surface area (Å²) in [4.78, 5) is 26.8. The van der Waals surface area contributed by atoms with Crippen molar-refractivity contribution in [2.24, 2.45) is 0 Å². The van der Waals surface area contributed by atoms with Gasteiger partial charge in [-0.25, -0.2) is 9.97 Å². The lowest BCUT2D eigenvalue weighted by Crippen LogP contribution is -2.25. The van der Waals surface area contributed by atoms with Crippen molar-refractivity contribution in [1.82, 2.24) is 19.9 Å². The van der Waals surface area contributed by atoms with E-state index in [0.717, 1.165) is 31.6 Å². The minimum atomic E-state index is -0.267. The molecule has 0 saturated heterocycles. The van der Waals surface area contributed by atoms with Gasteiger partial charge in [-0.2, -0.15) is 0 Å². The molecule has 3 rings (SSSR count). The Morgan fingerprint density at radius 2 is 1.90 bits per heavy atom. The van der Waals surface area contributed by atoms with Gasteiger partial charge in [0.15, 0.2) is 0 Å². The van der Waals surface area contributed by atoms with Gasteiger partial charge in [0.2, 0.25) is 11.8 Å². The summed E-state index contributed by atoms with van der Waals surface area (Å²) in [5, 5.41) is 2.85. The Balaban J connectivity index is 1.57. The number of H-pyrrole nitrogens is 1. The van der Waals surface area contributed by atoms with Gasteiger partial charge in [0.05, 0.1) is 36.2 Å². The summed E-state index contributed by atoms with van der Waals surface area (Å²) < 4.78 is 11.1. The van der Waals surface area contributed by atoms with Crippen molar-refractivity contribution < 1.29 is 14.3 Å². The lowest BCUT2D eigenvalue weighted by atomic mass is 10.2. The van der Waals surface area contributed by atoms with Crippen LogP contribution in [0.1, 0.15) is 37.6 Å². The summed E-state index contributed by atoms with van der Waals surface area (Å²) in [5.41, 5.74) is 2.38. The van der Waals surface area contributed by atoms with E-state index in [9.17, 15) is 4.79 Å². The molecule has 30 heavy (non-hydrogen) atoms. The van der Waals surface area contributed by atoms with Gasteiger partial charge < -0.3 is 24.7 Å². The lowest BCUT2D eigenvalue weighted by molar-refractivity contribution is 0.102. The van der Waals surface area contributed by atoms with Crippen molar-refractivity contribution in [2.45, 2.75) is 27.2 Å². The molecular weight excluding hydrogens is 382 g/mol. The zero-order chi connectivity index (χ0) is 21.3. The standard InChI is InChI=1S/C22H29N5O3/c1-4-27(5-2)12-7-13-30-19-10-8-16(14-24-19)25-22(28)17-15-23-18-9-11-20(29-6-3)26-21(17)18/h8-11,14-15,23H,4-7,12-13H2,1-3H3,(H,25,28). The molecule has 0 aliphatic carbocycles. The first kappa shape index (κ1) is 21.6. The number of amides is 1. The van der Waals surface area contributed by atoms with Crippen molar-refractivity contribution in [3.05, 3.63) is 42.2 Å². The van der Waals surface area contributed by atoms with Crippen LogP contribution in [0.5, 0.6) is 11.8 Å². The smallest absolute Gasteiger partial charge is 0.259 e. The van der Waals surface area contributed by atoms with Crippen LogP contribution >= 0.6 is 0 Å². The highest BCUT2D eigenvalue weighted by Crippen LogP contribution is 2.21. The molecule has 0 unspecified atom stereocenters. The van der Waals surface area contributed by atoms with Crippen LogP contribution in [-0.4, -0.2) is 58.6 Å². The Bertz CT molecular complexity index is 951. The first-order valence-electron chi connectivity index (χ1n) is 10.4. The number of nitrogens with one attached hydrogen (secondary N) is 2. The molecule has 3 aromatic heterocycles. The summed E-state index contributed by atoms with van der Waals surface area (Å²) in [5.74, 6) is 0.766. The van der Waals surface area contributed by atoms with Crippen molar-refractivity contribution in [3.8, 4) is 11.8 Å². The average molecular weight is 412 g/mol. The number of aromatic nitrogens is 3. The van der Waals surface area contributed by atoms with E-state index in [4.69, 9.17) is 9.47 Å². The molecule has 1 amide bonds. The molecule has 3 heterocycles. The maximum atomic E-state index is 12.7. The number of carbonyl (C=O) groups is 1. The zero-order valence-electron chi connectivity index (χ0n) is 17.8. The van der Waals surface area contributed by atoms with Gasteiger partial charge in [0, 0.05) is 24.9 Å². The Labute approximate surface area is 176 Å². The molecule has 0 aromatic carbocycles. The van der Waals surface area contributed by atoms with E-state index >= 15 is 0 Å². The molecule has 8 nitrogen and oxygen atoms in total. The maximum Gasteiger partial charge on any atom is 0.259 e. The van der Waals surface area contributed by atoms with E-state index in [1.54, 1.807) is 30.6 Å². The van der Waals surface area contributed by atoms with Gasteiger partial charge in [-0.3, -0.25) is 4.79 Å². The molecule has 0 radical (unpaired) electrons. The van der Waals surface area contributed by atoms with Crippen LogP contribution in [-0.2, 0) is 0 Å². The normalized spacial score (nSPS) is 11.1. The molecule has 160 valence electrons. The quantitative estimate of drug-likeness (QED) is 0.467. The summed E-state index contributed by atoms with van der Waals surface area (Å²) in [6.45, 7) is 10.4. The second-order valence-electron chi connectivity index (χ2n) is 6.75. The van der Waals surface area contributed by atoms with E-state index in [0.29, 0.717) is 41.7 Å². The van der Waals surface area contributed by atoms with Gasteiger partial charge in [0.1, 0.15) is 5.52 Å². The predicted molar refractivity (Wildman–Crippen MR) is 117 cm³/mol. The van der Waals surface area contributed by atoms with Crippen molar-refractivity contribution in [2.75, 3.05) is 38.2 Å². The third-order valence-electron chi connectivity index (χ3n) is 4.79. The van der Waals surface area contributed by atoms with Crippen LogP contribution in [0.3, 0.4) is 0 Å². The molecule has 8 heteroatoms. The van der Waals surface area contributed by atoms with Gasteiger partial charge >= 0.3 is 0 Å². The number of carbonyl (C=O) groups excluding carboxylic acids is 1. The number of nitrogens with zero attached hydrogens (tertiary/aromatic N) is 3. The van der Waals surface area contributed by atoms with Crippen molar-refractivity contribution >= 4 is 22.6 Å². The SMILES string of the molecule is CCOc1ccc2[nH]cc(C(=O)Nc3ccc(OCCCN(CC)CC)nc3)c2n1. The number of fused-ring (bicyclic) bond motifs is 1. The molecule has 0 spiro atoms. The Morgan fingerprint density at radius 1 is 1.10 bits per heavy atom. The highest BCUT2D eigenvalue weighted by Gasteiger charge is 2.15. The first-order chi connectivity index (χ1) is 14.6. The number of hydrogen-bond acceptors (Lipinski definition) is 6. The number of rotatable bonds is 11.